The lowest BCUT2D eigenvalue weighted by atomic mass is 10.3. The van der Waals surface area contributed by atoms with Gasteiger partial charge in [-0.05, 0) is 13.0 Å². The van der Waals surface area contributed by atoms with Crippen LogP contribution in [0.5, 0.6) is 0 Å². The van der Waals surface area contributed by atoms with Crippen molar-refractivity contribution < 1.29 is 9.50 Å². The zero-order valence-corrected chi connectivity index (χ0v) is 6.79. The van der Waals surface area contributed by atoms with Crippen LogP contribution in [0.15, 0.2) is 6.07 Å². The molecule has 0 aliphatic carbocycles. The summed E-state index contributed by atoms with van der Waals surface area (Å²) in [6.07, 6.45) is 0. The molecule has 0 saturated heterocycles. The monoisotopic (exact) mass is 158 g/mol. The van der Waals surface area contributed by atoms with Crippen LogP contribution in [-0.2, 0) is 7.05 Å². The van der Waals surface area contributed by atoms with E-state index in [0.717, 1.165) is 5.69 Å². The highest BCUT2D eigenvalue weighted by Gasteiger charge is 2.03. The van der Waals surface area contributed by atoms with E-state index >= 15 is 0 Å². The van der Waals surface area contributed by atoms with Crippen molar-refractivity contribution in [1.29, 1.82) is 0 Å². The number of hydrogen-bond donors (Lipinski definition) is 0. The van der Waals surface area contributed by atoms with Crippen molar-refractivity contribution in [1.82, 2.24) is 9.78 Å². The van der Waals surface area contributed by atoms with Crippen LogP contribution >= 0.6 is 0 Å². The van der Waals surface area contributed by atoms with Gasteiger partial charge in [-0.15, -0.1) is 0 Å². The van der Waals surface area contributed by atoms with Crippen molar-refractivity contribution >= 4 is 5.78 Å². The highest BCUT2D eigenvalue weighted by Crippen LogP contribution is 2.00. The molecule has 0 N–H and O–H groups in total. The van der Waals surface area contributed by atoms with E-state index in [2.05, 4.69) is 5.10 Å². The number of nitrogens with zero attached hydrogens (tertiary/aromatic N) is 2. The third kappa shape index (κ3) is 1.86. The molecule has 11 heavy (non-hydrogen) atoms. The Morgan fingerprint density at radius 1 is 1.64 bits per heavy atom. The van der Waals surface area contributed by atoms with Crippen LogP contribution in [-0.4, -0.2) is 15.6 Å². The molecule has 1 rings (SSSR count). The van der Waals surface area contributed by atoms with Gasteiger partial charge in [-0.1, -0.05) is 0 Å². The summed E-state index contributed by atoms with van der Waals surface area (Å²) in [7, 11) is 1.82. The van der Waals surface area contributed by atoms with Gasteiger partial charge in [0.2, 0.25) is 0 Å². The molecular formula is C7H11FN2O. The van der Waals surface area contributed by atoms with Gasteiger partial charge in [0.05, 0.1) is 0 Å². The second-order valence-electron chi connectivity index (χ2n) is 2.35. The molecule has 0 unspecified atom stereocenters. The predicted octanol–water partition coefficient (Wildman–Crippen LogP) is 1.08. The predicted molar refractivity (Wildman–Crippen MR) is 40.5 cm³/mol. The fourth-order valence-corrected chi connectivity index (χ4v) is 0.733. The molecular weight excluding hydrogens is 147 g/mol. The van der Waals surface area contributed by atoms with Gasteiger partial charge in [0.15, 0.2) is 5.78 Å². The second-order valence-corrected chi connectivity index (χ2v) is 2.35. The van der Waals surface area contributed by atoms with Crippen LogP contribution in [0.4, 0.5) is 4.70 Å². The Labute approximate surface area is 64.4 Å². The van der Waals surface area contributed by atoms with Gasteiger partial charge in [-0.25, -0.2) is 0 Å². The Morgan fingerprint density at radius 3 is 2.36 bits per heavy atom. The van der Waals surface area contributed by atoms with Crippen molar-refractivity contribution in [3.63, 3.8) is 0 Å². The molecule has 1 heterocycles. The van der Waals surface area contributed by atoms with Crippen LogP contribution in [0, 0.1) is 6.92 Å². The summed E-state index contributed by atoms with van der Waals surface area (Å²) >= 11 is 0. The number of rotatable bonds is 1. The van der Waals surface area contributed by atoms with Crippen molar-refractivity contribution in [3.8, 4) is 0 Å². The maximum atomic E-state index is 10.7. The zero-order chi connectivity index (χ0) is 7.72. The number of carbonyl (C=O) groups is 1. The van der Waals surface area contributed by atoms with Gasteiger partial charge in [-0.3, -0.25) is 14.2 Å². The summed E-state index contributed by atoms with van der Waals surface area (Å²) in [6.45, 7) is 3.43. The van der Waals surface area contributed by atoms with Gasteiger partial charge < -0.3 is 0 Å². The molecule has 0 spiro atoms. The smallest absolute Gasteiger partial charge is 0.179 e. The van der Waals surface area contributed by atoms with E-state index in [9.17, 15) is 4.79 Å². The molecule has 1 aromatic heterocycles. The van der Waals surface area contributed by atoms with E-state index in [4.69, 9.17) is 0 Å². The number of hydrogen-bond acceptors (Lipinski definition) is 2. The molecule has 0 radical (unpaired) electrons. The lowest BCUT2D eigenvalue weighted by molar-refractivity contribution is 0.101. The summed E-state index contributed by atoms with van der Waals surface area (Å²) < 4.78 is 1.69. The van der Waals surface area contributed by atoms with Crippen molar-refractivity contribution in [2.75, 3.05) is 0 Å². The SMILES string of the molecule is CC(=O)c1cc(C)n(C)n1.F. The zero-order valence-electron chi connectivity index (χ0n) is 6.79. The molecule has 0 fully saturated rings. The highest BCUT2D eigenvalue weighted by molar-refractivity contribution is 5.92. The molecule has 0 aromatic carbocycles. The van der Waals surface area contributed by atoms with Gasteiger partial charge in [0, 0.05) is 19.7 Å². The number of aromatic nitrogens is 2. The van der Waals surface area contributed by atoms with Crippen LogP contribution in [0.1, 0.15) is 23.1 Å². The van der Waals surface area contributed by atoms with E-state index in [1.165, 1.54) is 6.92 Å². The Bertz CT molecular complexity index is 248. The van der Waals surface area contributed by atoms with E-state index < -0.39 is 0 Å². The van der Waals surface area contributed by atoms with E-state index in [-0.39, 0.29) is 10.5 Å². The molecule has 0 saturated carbocycles. The number of Topliss-reactive ketones (excluding diaryl/α,β-unsaturated/α-hetero) is 1. The maximum Gasteiger partial charge on any atom is 0.179 e. The fourth-order valence-electron chi connectivity index (χ4n) is 0.733. The standard InChI is InChI=1S/C7H10N2O.FH/c1-5-4-7(6(2)10)8-9(5)3;/h4H,1-3H3;1H. The minimum Gasteiger partial charge on any atom is -0.293 e. The normalized spacial score (nSPS) is 9.00. The number of ketones is 1. The summed E-state index contributed by atoms with van der Waals surface area (Å²) in [4.78, 5) is 10.7. The van der Waals surface area contributed by atoms with E-state index in [1.807, 2.05) is 14.0 Å². The molecule has 0 amide bonds. The largest absolute Gasteiger partial charge is 0.293 e. The van der Waals surface area contributed by atoms with E-state index in [0.29, 0.717) is 5.69 Å². The number of halogens is 1. The minimum atomic E-state index is 0. The summed E-state index contributed by atoms with van der Waals surface area (Å²) in [5, 5.41) is 3.98. The first-order chi connectivity index (χ1) is 4.61. The average Bonchev–Trinajstić information content (AvgIpc) is 2.13. The molecule has 3 nitrogen and oxygen atoms in total. The Morgan fingerprint density at radius 2 is 2.18 bits per heavy atom. The van der Waals surface area contributed by atoms with Crippen molar-refractivity contribution in [2.24, 2.45) is 7.05 Å². The van der Waals surface area contributed by atoms with Gasteiger partial charge in [0.25, 0.3) is 0 Å². The number of carbonyl (C=O) groups excluding carboxylic acids is 1. The summed E-state index contributed by atoms with van der Waals surface area (Å²) in [5.74, 6) is 0.0173. The molecule has 62 valence electrons. The topological polar surface area (TPSA) is 34.9 Å². The van der Waals surface area contributed by atoms with Crippen LogP contribution in [0.25, 0.3) is 0 Å². The first-order valence-corrected chi connectivity index (χ1v) is 3.13. The molecule has 0 atom stereocenters. The lowest BCUT2D eigenvalue weighted by Gasteiger charge is -1.88. The quantitative estimate of drug-likeness (QED) is 0.573. The van der Waals surface area contributed by atoms with Gasteiger partial charge in [-0.2, -0.15) is 5.10 Å². The minimum absolute atomic E-state index is 0. The third-order valence-electron chi connectivity index (χ3n) is 1.47. The summed E-state index contributed by atoms with van der Waals surface area (Å²) in [5.41, 5.74) is 1.55. The average molecular weight is 158 g/mol. The second kappa shape index (κ2) is 3.27. The van der Waals surface area contributed by atoms with Crippen LogP contribution < -0.4 is 0 Å². The van der Waals surface area contributed by atoms with Gasteiger partial charge in [0.1, 0.15) is 5.69 Å². The third-order valence-corrected chi connectivity index (χ3v) is 1.47. The summed E-state index contributed by atoms with van der Waals surface area (Å²) in [6, 6.07) is 1.78. The van der Waals surface area contributed by atoms with Crippen LogP contribution in [0.2, 0.25) is 0 Å². The first-order valence-electron chi connectivity index (χ1n) is 3.13. The molecule has 0 bridgehead atoms. The lowest BCUT2D eigenvalue weighted by Crippen LogP contribution is -1.96. The molecule has 4 heteroatoms. The highest BCUT2D eigenvalue weighted by atomic mass is 19.0. The molecule has 1 aromatic rings. The van der Waals surface area contributed by atoms with E-state index in [1.54, 1.807) is 10.7 Å². The van der Waals surface area contributed by atoms with Gasteiger partial charge >= 0.3 is 0 Å². The van der Waals surface area contributed by atoms with Crippen molar-refractivity contribution in [2.45, 2.75) is 13.8 Å². The Kier molecular flexibility index (Phi) is 2.92. The maximum absolute atomic E-state index is 10.7. The Hall–Kier alpha value is -1.19. The molecule has 0 aliphatic heterocycles. The molecule has 0 aliphatic rings. The van der Waals surface area contributed by atoms with Crippen LogP contribution in [0.3, 0.4) is 0 Å². The Balaban J connectivity index is 0.000001000. The first kappa shape index (κ1) is 9.81. The number of aryl methyl sites for hydroxylation is 2. The van der Waals surface area contributed by atoms with Crippen molar-refractivity contribution in [3.05, 3.63) is 17.5 Å². The fraction of sp³-hybridized carbons (Fsp3) is 0.429.